The summed E-state index contributed by atoms with van der Waals surface area (Å²) in [6.45, 7) is 0. The Hall–Kier alpha value is -2.36. The van der Waals surface area contributed by atoms with Crippen molar-refractivity contribution >= 4 is 11.9 Å². The van der Waals surface area contributed by atoms with Gasteiger partial charge >= 0.3 is 18.1 Å². The molecule has 19 heavy (non-hydrogen) atoms. The van der Waals surface area contributed by atoms with Crippen molar-refractivity contribution in [1.82, 2.24) is 0 Å². The molecular formula is C15H14NO3+. The molecule has 0 saturated carbocycles. The van der Waals surface area contributed by atoms with Crippen molar-refractivity contribution in [2.75, 3.05) is 0 Å². The molecule has 1 N–H and O–H groups in total. The highest BCUT2D eigenvalue weighted by Gasteiger charge is 2.43. The van der Waals surface area contributed by atoms with Crippen LogP contribution < -0.4 is 0 Å². The molecule has 0 radical (unpaired) electrons. The normalized spacial score (nSPS) is 25.2. The van der Waals surface area contributed by atoms with Crippen molar-refractivity contribution in [3.05, 3.63) is 60.3 Å². The molecule has 0 aliphatic carbocycles. The van der Waals surface area contributed by atoms with Gasteiger partial charge in [0, 0.05) is 12.2 Å². The molecule has 0 aromatic heterocycles. The Kier molecular flexibility index (Phi) is 2.91. The minimum atomic E-state index is -0.644. The largest absolute Gasteiger partial charge is 0.462 e. The highest BCUT2D eigenvalue weighted by Crippen LogP contribution is 2.20. The van der Waals surface area contributed by atoms with Crippen LogP contribution in [-0.2, 0) is 16.0 Å². The van der Waals surface area contributed by atoms with Gasteiger partial charge in [-0.2, -0.15) is 0 Å². The monoisotopic (exact) mass is 256 g/mol. The molecule has 0 saturated heterocycles. The van der Waals surface area contributed by atoms with Crippen LogP contribution in [0.4, 0.5) is 0 Å². The number of rotatable bonds is 2. The summed E-state index contributed by atoms with van der Waals surface area (Å²) in [4.78, 5) is 12.0. The fraction of sp³-hybridized carbons (Fsp3) is 0.200. The molecule has 2 atom stereocenters. The zero-order valence-electron chi connectivity index (χ0n) is 10.3. The van der Waals surface area contributed by atoms with E-state index in [4.69, 9.17) is 4.74 Å². The van der Waals surface area contributed by atoms with Gasteiger partial charge in [-0.05, 0) is 18.1 Å². The van der Waals surface area contributed by atoms with Crippen molar-refractivity contribution in [3.8, 4) is 0 Å². The molecule has 2 heterocycles. The molecule has 1 aromatic carbocycles. The van der Waals surface area contributed by atoms with Crippen molar-refractivity contribution in [2.24, 2.45) is 5.92 Å². The van der Waals surface area contributed by atoms with Gasteiger partial charge in [0.1, 0.15) is 0 Å². The predicted molar refractivity (Wildman–Crippen MR) is 69.7 cm³/mol. The molecule has 0 bridgehead atoms. The smallest absolute Gasteiger partial charge is 0.357 e. The summed E-state index contributed by atoms with van der Waals surface area (Å²) in [7, 11) is 0. The van der Waals surface area contributed by atoms with E-state index >= 15 is 0 Å². The Labute approximate surface area is 110 Å². The molecule has 0 spiro atoms. The highest BCUT2D eigenvalue weighted by atomic mass is 16.6. The minimum absolute atomic E-state index is 0.0469. The second kappa shape index (κ2) is 4.72. The van der Waals surface area contributed by atoms with E-state index in [2.05, 4.69) is 0 Å². The number of ether oxygens (including phenoxy) is 1. The van der Waals surface area contributed by atoms with Crippen LogP contribution in [0.1, 0.15) is 5.56 Å². The third-order valence-corrected chi connectivity index (χ3v) is 3.29. The van der Waals surface area contributed by atoms with Gasteiger partial charge < -0.3 is 9.84 Å². The minimum Gasteiger partial charge on any atom is -0.462 e. The molecule has 96 valence electrons. The Bertz CT molecular complexity index is 587. The number of aliphatic hydroxyl groups excluding tert-OH is 1. The van der Waals surface area contributed by atoms with Gasteiger partial charge in [-0.25, -0.2) is 0 Å². The lowest BCUT2D eigenvalue weighted by Gasteiger charge is -2.23. The van der Waals surface area contributed by atoms with Crippen molar-refractivity contribution in [3.63, 3.8) is 0 Å². The summed E-state index contributed by atoms with van der Waals surface area (Å²) >= 11 is 0. The zero-order valence-corrected chi connectivity index (χ0v) is 10.3. The number of benzene rings is 1. The Balaban J connectivity index is 1.91. The Morgan fingerprint density at radius 1 is 1.21 bits per heavy atom. The van der Waals surface area contributed by atoms with E-state index in [0.29, 0.717) is 6.42 Å². The van der Waals surface area contributed by atoms with E-state index in [0.717, 1.165) is 5.56 Å². The summed E-state index contributed by atoms with van der Waals surface area (Å²) in [5, 5.41) is 10.3. The van der Waals surface area contributed by atoms with Crippen LogP contribution in [0.5, 0.6) is 0 Å². The van der Waals surface area contributed by atoms with Crippen LogP contribution in [0.3, 0.4) is 0 Å². The van der Waals surface area contributed by atoms with Gasteiger partial charge in [0.2, 0.25) is 0 Å². The Morgan fingerprint density at radius 2 is 2.00 bits per heavy atom. The molecule has 0 fully saturated rings. The molecule has 2 aliphatic heterocycles. The van der Waals surface area contributed by atoms with Crippen LogP contribution in [0.2, 0.25) is 0 Å². The van der Waals surface area contributed by atoms with Crippen molar-refractivity contribution < 1.29 is 19.2 Å². The van der Waals surface area contributed by atoms with E-state index in [1.54, 1.807) is 29.0 Å². The number of aliphatic hydroxyl groups is 1. The number of nitrogens with zero attached hydrogens (tertiary/aromatic N) is 1. The number of fused-ring (bicyclic) bond motifs is 1. The third kappa shape index (κ3) is 2.17. The maximum atomic E-state index is 12.0. The first-order valence-electron chi connectivity index (χ1n) is 6.19. The average Bonchev–Trinajstić information content (AvgIpc) is 2.45. The van der Waals surface area contributed by atoms with E-state index in [1.165, 1.54) is 0 Å². The summed E-state index contributed by atoms with van der Waals surface area (Å²) < 4.78 is 6.89. The SMILES string of the molecule is O=C1O[C@H]2C=CC=C[N+]2=C(O)[C@@H]1Cc1ccccc1. The number of esters is 1. The van der Waals surface area contributed by atoms with Gasteiger partial charge in [0.15, 0.2) is 12.1 Å². The lowest BCUT2D eigenvalue weighted by Crippen LogP contribution is -2.45. The summed E-state index contributed by atoms with van der Waals surface area (Å²) in [5.74, 6) is -0.983. The van der Waals surface area contributed by atoms with E-state index in [-0.39, 0.29) is 11.9 Å². The molecule has 4 heteroatoms. The molecule has 3 rings (SSSR count). The quantitative estimate of drug-likeness (QED) is 0.648. The fourth-order valence-electron chi connectivity index (χ4n) is 2.29. The first kappa shape index (κ1) is 11.7. The maximum absolute atomic E-state index is 12.0. The number of carbonyl (C=O) groups excluding carboxylic acids is 1. The van der Waals surface area contributed by atoms with Crippen LogP contribution in [-0.4, -0.2) is 27.8 Å². The number of carbonyl (C=O) groups is 1. The number of hydrogen-bond acceptors (Lipinski definition) is 2. The van der Waals surface area contributed by atoms with E-state index < -0.39 is 12.1 Å². The fourth-order valence-corrected chi connectivity index (χ4v) is 2.29. The van der Waals surface area contributed by atoms with Gasteiger partial charge in [0.25, 0.3) is 0 Å². The van der Waals surface area contributed by atoms with Crippen molar-refractivity contribution in [1.29, 1.82) is 0 Å². The molecule has 2 aliphatic rings. The Morgan fingerprint density at radius 3 is 2.79 bits per heavy atom. The van der Waals surface area contributed by atoms with Crippen LogP contribution >= 0.6 is 0 Å². The van der Waals surface area contributed by atoms with E-state index in [9.17, 15) is 9.90 Å². The van der Waals surface area contributed by atoms with Crippen LogP contribution in [0.25, 0.3) is 0 Å². The second-order valence-corrected chi connectivity index (χ2v) is 4.56. The number of allylic oxidation sites excluding steroid dienone is 2. The van der Waals surface area contributed by atoms with Gasteiger partial charge in [-0.15, -0.1) is 4.58 Å². The summed E-state index contributed by atoms with van der Waals surface area (Å²) in [6, 6.07) is 9.59. The standard InChI is InChI=1S/C15H13NO3/c17-14-12(10-11-6-2-1-3-7-11)15(18)19-13-8-4-5-9-16(13)14/h1-9,12-13H,10H2/p+1/t12-,13-/m0/s1. The topological polar surface area (TPSA) is 49.5 Å². The molecular weight excluding hydrogens is 242 g/mol. The average molecular weight is 256 g/mol. The maximum Gasteiger partial charge on any atom is 0.357 e. The predicted octanol–water partition coefficient (Wildman–Crippen LogP) is 1.78. The molecule has 4 nitrogen and oxygen atoms in total. The first-order chi connectivity index (χ1) is 9.25. The number of hydrogen-bond donors (Lipinski definition) is 1. The van der Waals surface area contributed by atoms with Crippen LogP contribution in [0.15, 0.2) is 54.8 Å². The summed E-state index contributed by atoms with van der Waals surface area (Å²) in [5.41, 5.74) is 0.992. The first-order valence-corrected chi connectivity index (χ1v) is 6.19. The second-order valence-electron chi connectivity index (χ2n) is 4.56. The van der Waals surface area contributed by atoms with Crippen molar-refractivity contribution in [2.45, 2.75) is 12.6 Å². The van der Waals surface area contributed by atoms with Gasteiger partial charge in [-0.1, -0.05) is 30.3 Å². The highest BCUT2D eigenvalue weighted by molar-refractivity contribution is 5.96. The van der Waals surface area contributed by atoms with E-state index in [1.807, 2.05) is 30.3 Å². The zero-order chi connectivity index (χ0) is 13.2. The molecule has 0 amide bonds. The summed E-state index contributed by atoms with van der Waals surface area (Å²) in [6.07, 6.45) is 6.94. The molecule has 1 aromatic rings. The lowest BCUT2D eigenvalue weighted by molar-refractivity contribution is -0.549. The van der Waals surface area contributed by atoms with Gasteiger partial charge in [0.05, 0.1) is 0 Å². The van der Waals surface area contributed by atoms with Gasteiger partial charge in [-0.3, -0.25) is 4.79 Å². The molecule has 0 unspecified atom stereocenters. The lowest BCUT2D eigenvalue weighted by atomic mass is 9.98. The third-order valence-electron chi connectivity index (χ3n) is 3.29. The van der Waals surface area contributed by atoms with Crippen LogP contribution in [0, 0.1) is 5.92 Å².